The van der Waals surface area contributed by atoms with Gasteiger partial charge in [-0.25, -0.2) is 0 Å². The highest BCUT2D eigenvalue weighted by Crippen LogP contribution is 2.34. The number of hydrogen-bond acceptors (Lipinski definition) is 3. The second-order valence-electron chi connectivity index (χ2n) is 7.46. The van der Waals surface area contributed by atoms with Gasteiger partial charge < -0.3 is 15.4 Å². The second kappa shape index (κ2) is 9.79. The lowest BCUT2D eigenvalue weighted by atomic mass is 9.99. The van der Waals surface area contributed by atoms with E-state index in [2.05, 4.69) is 26.6 Å². The van der Waals surface area contributed by atoms with Gasteiger partial charge in [-0.05, 0) is 35.9 Å². The van der Waals surface area contributed by atoms with Crippen LogP contribution in [0.4, 0.5) is 0 Å². The Morgan fingerprint density at radius 2 is 1.71 bits per heavy atom. The van der Waals surface area contributed by atoms with Crippen LogP contribution in [0, 0.1) is 0 Å². The molecular formula is C25H23BrN2O3. The van der Waals surface area contributed by atoms with Gasteiger partial charge in [0.1, 0.15) is 11.8 Å². The number of fused-ring (bicyclic) bond motifs is 1. The van der Waals surface area contributed by atoms with E-state index < -0.39 is 6.04 Å². The quantitative estimate of drug-likeness (QED) is 0.550. The minimum atomic E-state index is -0.700. The molecule has 0 bridgehead atoms. The molecule has 2 amide bonds. The van der Waals surface area contributed by atoms with Crippen molar-refractivity contribution in [3.05, 3.63) is 100 Å². The molecule has 0 saturated carbocycles. The maximum Gasteiger partial charge on any atom is 0.251 e. The Morgan fingerprint density at radius 3 is 2.45 bits per heavy atom. The minimum Gasteiger partial charge on any atom is -0.493 e. The van der Waals surface area contributed by atoms with Crippen molar-refractivity contribution in [2.45, 2.75) is 24.9 Å². The summed E-state index contributed by atoms with van der Waals surface area (Å²) in [6.07, 6.45) is 1.07. The molecule has 0 aliphatic carbocycles. The van der Waals surface area contributed by atoms with Crippen LogP contribution in [0.1, 0.15) is 33.9 Å². The molecule has 6 heteroatoms. The molecule has 0 radical (unpaired) electrons. The van der Waals surface area contributed by atoms with Crippen molar-refractivity contribution in [1.29, 1.82) is 0 Å². The summed E-state index contributed by atoms with van der Waals surface area (Å²) in [6.45, 7) is 0.527. The lowest BCUT2D eigenvalue weighted by Gasteiger charge is -2.29. The average Bonchev–Trinajstić information content (AvgIpc) is 2.80. The van der Waals surface area contributed by atoms with E-state index in [0.29, 0.717) is 25.0 Å². The van der Waals surface area contributed by atoms with Gasteiger partial charge in [-0.2, -0.15) is 0 Å². The molecule has 1 aliphatic rings. The summed E-state index contributed by atoms with van der Waals surface area (Å²) < 4.78 is 6.65. The maximum atomic E-state index is 13.3. The summed E-state index contributed by atoms with van der Waals surface area (Å²) in [7, 11) is 0. The summed E-state index contributed by atoms with van der Waals surface area (Å²) in [6, 6.07) is 23.5. The van der Waals surface area contributed by atoms with Gasteiger partial charge in [0.2, 0.25) is 5.91 Å². The van der Waals surface area contributed by atoms with Crippen LogP contribution in [0.15, 0.2) is 83.3 Å². The first-order valence-electron chi connectivity index (χ1n) is 10.2. The van der Waals surface area contributed by atoms with E-state index in [9.17, 15) is 9.59 Å². The van der Waals surface area contributed by atoms with E-state index in [1.54, 1.807) is 24.3 Å². The van der Waals surface area contributed by atoms with Gasteiger partial charge in [-0.15, -0.1) is 0 Å². The summed E-state index contributed by atoms with van der Waals surface area (Å²) in [5, 5.41) is 6.04. The molecule has 158 valence electrons. The molecule has 5 nitrogen and oxygen atoms in total. The number of carbonyl (C=O) groups excluding carboxylic acids is 2. The molecule has 0 spiro atoms. The molecule has 2 N–H and O–H groups in total. The highest BCUT2D eigenvalue weighted by atomic mass is 79.9. The van der Waals surface area contributed by atoms with E-state index in [4.69, 9.17) is 4.74 Å². The molecule has 2 unspecified atom stereocenters. The Balaban J connectivity index is 1.54. The van der Waals surface area contributed by atoms with Crippen molar-refractivity contribution in [2.75, 3.05) is 6.61 Å². The van der Waals surface area contributed by atoms with Crippen molar-refractivity contribution >= 4 is 27.7 Å². The van der Waals surface area contributed by atoms with Crippen molar-refractivity contribution in [2.24, 2.45) is 0 Å². The molecular weight excluding hydrogens is 456 g/mol. The van der Waals surface area contributed by atoms with E-state index >= 15 is 0 Å². The van der Waals surface area contributed by atoms with Gasteiger partial charge in [0, 0.05) is 28.4 Å². The van der Waals surface area contributed by atoms with Gasteiger partial charge in [-0.1, -0.05) is 64.5 Å². The Bertz CT molecular complexity index is 1060. The molecule has 4 rings (SSSR count). The van der Waals surface area contributed by atoms with Crippen LogP contribution in [0.2, 0.25) is 0 Å². The zero-order valence-electron chi connectivity index (χ0n) is 16.9. The first-order chi connectivity index (χ1) is 15.1. The topological polar surface area (TPSA) is 67.4 Å². The van der Waals surface area contributed by atoms with Crippen LogP contribution in [0.3, 0.4) is 0 Å². The molecule has 0 aromatic heterocycles. The summed E-state index contributed by atoms with van der Waals surface area (Å²) in [5.41, 5.74) is 2.43. The predicted molar refractivity (Wildman–Crippen MR) is 123 cm³/mol. The van der Waals surface area contributed by atoms with Gasteiger partial charge in [0.25, 0.3) is 5.91 Å². The third-order valence-corrected chi connectivity index (χ3v) is 5.76. The number of amides is 2. The van der Waals surface area contributed by atoms with Crippen LogP contribution < -0.4 is 15.4 Å². The number of nitrogens with one attached hydrogen (secondary N) is 2. The number of carbonyl (C=O) groups is 2. The van der Waals surface area contributed by atoms with Gasteiger partial charge >= 0.3 is 0 Å². The highest BCUT2D eigenvalue weighted by Gasteiger charge is 2.28. The number of halogens is 1. The Hall–Kier alpha value is -3.12. The van der Waals surface area contributed by atoms with Crippen LogP contribution in [-0.2, 0) is 11.2 Å². The maximum absolute atomic E-state index is 13.3. The molecule has 0 fully saturated rings. The monoisotopic (exact) mass is 478 g/mol. The third kappa shape index (κ3) is 5.33. The standard InChI is InChI=1S/C25H23BrN2O3/c26-19-11-12-23-20(16-19)21(13-14-31-23)27-25(30)22(15-17-7-3-1-4-8-17)28-24(29)18-9-5-2-6-10-18/h1-12,16,21-22H,13-15H2,(H,27,30)(H,28,29). The molecule has 3 aromatic carbocycles. The van der Waals surface area contributed by atoms with E-state index in [0.717, 1.165) is 21.3 Å². The van der Waals surface area contributed by atoms with Crippen molar-refractivity contribution < 1.29 is 14.3 Å². The lowest BCUT2D eigenvalue weighted by molar-refractivity contribution is -0.123. The van der Waals surface area contributed by atoms with E-state index in [1.807, 2.05) is 54.6 Å². The first kappa shape index (κ1) is 21.1. The fourth-order valence-electron chi connectivity index (χ4n) is 3.68. The van der Waals surface area contributed by atoms with Crippen LogP contribution >= 0.6 is 15.9 Å². The van der Waals surface area contributed by atoms with Gasteiger partial charge in [0.15, 0.2) is 0 Å². The fraction of sp³-hybridized carbons (Fsp3) is 0.200. The fourth-order valence-corrected chi connectivity index (χ4v) is 4.06. The van der Waals surface area contributed by atoms with Crippen LogP contribution in [-0.4, -0.2) is 24.5 Å². The highest BCUT2D eigenvalue weighted by molar-refractivity contribution is 9.10. The Morgan fingerprint density at radius 1 is 1.00 bits per heavy atom. The Labute approximate surface area is 189 Å². The number of benzene rings is 3. The first-order valence-corrected chi connectivity index (χ1v) is 11.0. The molecule has 1 aliphatic heterocycles. The largest absolute Gasteiger partial charge is 0.493 e. The van der Waals surface area contributed by atoms with E-state index in [-0.39, 0.29) is 17.9 Å². The summed E-state index contributed by atoms with van der Waals surface area (Å²) >= 11 is 3.49. The molecule has 0 saturated heterocycles. The zero-order valence-corrected chi connectivity index (χ0v) is 18.5. The number of rotatable bonds is 6. The SMILES string of the molecule is O=C(NC(Cc1ccccc1)C(=O)NC1CCOc2ccc(Br)cc21)c1ccccc1. The smallest absolute Gasteiger partial charge is 0.251 e. The second-order valence-corrected chi connectivity index (χ2v) is 8.38. The molecule has 1 heterocycles. The average molecular weight is 479 g/mol. The van der Waals surface area contributed by atoms with Crippen molar-refractivity contribution in [3.63, 3.8) is 0 Å². The predicted octanol–water partition coefficient (Wildman–Crippen LogP) is 4.43. The summed E-state index contributed by atoms with van der Waals surface area (Å²) in [4.78, 5) is 26.1. The Kier molecular flexibility index (Phi) is 6.67. The lowest BCUT2D eigenvalue weighted by Crippen LogP contribution is -2.49. The molecule has 31 heavy (non-hydrogen) atoms. The zero-order chi connectivity index (χ0) is 21.6. The molecule has 3 aromatic rings. The minimum absolute atomic E-state index is 0.180. The number of hydrogen-bond donors (Lipinski definition) is 2. The molecule has 2 atom stereocenters. The van der Waals surface area contributed by atoms with E-state index in [1.165, 1.54) is 0 Å². The number of ether oxygens (including phenoxy) is 1. The summed E-state index contributed by atoms with van der Waals surface area (Å²) in [5.74, 6) is 0.283. The van der Waals surface area contributed by atoms with Crippen LogP contribution in [0.25, 0.3) is 0 Å². The van der Waals surface area contributed by atoms with Gasteiger partial charge in [-0.3, -0.25) is 9.59 Å². The normalized spacial score (nSPS) is 15.8. The van der Waals surface area contributed by atoms with Crippen LogP contribution in [0.5, 0.6) is 5.75 Å². The van der Waals surface area contributed by atoms with Crippen molar-refractivity contribution in [1.82, 2.24) is 10.6 Å². The van der Waals surface area contributed by atoms with Crippen molar-refractivity contribution in [3.8, 4) is 5.75 Å². The van der Waals surface area contributed by atoms with Gasteiger partial charge in [0.05, 0.1) is 12.6 Å². The third-order valence-electron chi connectivity index (χ3n) is 5.27.